The van der Waals surface area contributed by atoms with Gasteiger partial charge in [-0.15, -0.1) is 11.8 Å². The van der Waals surface area contributed by atoms with Gasteiger partial charge in [-0.25, -0.2) is 4.39 Å². The summed E-state index contributed by atoms with van der Waals surface area (Å²) in [6.07, 6.45) is 0.0914. The number of ether oxygens (including phenoxy) is 2. The van der Waals surface area contributed by atoms with E-state index < -0.39 is 11.1 Å². The summed E-state index contributed by atoms with van der Waals surface area (Å²) in [6, 6.07) is 10.3. The van der Waals surface area contributed by atoms with Crippen LogP contribution < -0.4 is 10.1 Å². The number of carbonyl (C=O) groups is 1. The highest BCUT2D eigenvalue weighted by molar-refractivity contribution is 8.02. The van der Waals surface area contributed by atoms with Crippen LogP contribution in [-0.4, -0.2) is 29.9 Å². The number of hydrogen-bond acceptors (Lipinski definition) is 5. The minimum atomic E-state index is -0.448. The van der Waals surface area contributed by atoms with Crippen molar-refractivity contribution in [2.24, 2.45) is 0 Å². The number of methoxy groups -OCH3 is 1. The number of anilines is 1. The molecule has 3 rings (SSSR count). The maximum atomic E-state index is 15.1. The standard InChI is InChI=1S/C20H19ClFNO3S2/c1-3-26-17(24)10-16-20(27)23-14-8-7-11(21)9-13(14)19(28-16)12-5-4-6-15(25-2)18(12)22/h4-9,16,19H,3,10H2,1-2H3,(H,23,27)/t16-,19-/m1/s1. The molecular weight excluding hydrogens is 421 g/mol. The molecule has 2 atom stereocenters. The maximum absolute atomic E-state index is 15.1. The van der Waals surface area contributed by atoms with Crippen LogP contribution in [0, 0.1) is 5.82 Å². The first-order chi connectivity index (χ1) is 13.4. The number of fused-ring (bicyclic) bond motifs is 1. The Hall–Kier alpha value is -1.83. The number of rotatable bonds is 5. The number of esters is 1. The highest BCUT2D eigenvalue weighted by Gasteiger charge is 2.33. The molecule has 0 aromatic heterocycles. The average molecular weight is 440 g/mol. The van der Waals surface area contributed by atoms with Crippen LogP contribution in [0.2, 0.25) is 5.02 Å². The van der Waals surface area contributed by atoms with Gasteiger partial charge >= 0.3 is 5.97 Å². The van der Waals surface area contributed by atoms with Crippen molar-refractivity contribution in [3.05, 3.63) is 58.4 Å². The Kier molecular flexibility index (Phi) is 6.80. The number of thioether (sulfide) groups is 1. The molecule has 0 aliphatic carbocycles. The minimum Gasteiger partial charge on any atom is -0.494 e. The third-order valence-electron chi connectivity index (χ3n) is 4.30. The number of hydrogen-bond donors (Lipinski definition) is 1. The van der Waals surface area contributed by atoms with Gasteiger partial charge in [-0.3, -0.25) is 4.79 Å². The fraction of sp³-hybridized carbons (Fsp3) is 0.300. The summed E-state index contributed by atoms with van der Waals surface area (Å²) in [5.41, 5.74) is 1.96. The lowest BCUT2D eigenvalue weighted by atomic mass is 10.0. The van der Waals surface area contributed by atoms with Gasteiger partial charge in [0.25, 0.3) is 0 Å². The highest BCUT2D eigenvalue weighted by atomic mass is 35.5. The highest BCUT2D eigenvalue weighted by Crippen LogP contribution is 2.47. The van der Waals surface area contributed by atoms with E-state index in [2.05, 4.69) is 5.32 Å². The van der Waals surface area contributed by atoms with E-state index in [4.69, 9.17) is 33.3 Å². The molecule has 0 fully saturated rings. The lowest BCUT2D eigenvalue weighted by Gasteiger charge is -2.22. The summed E-state index contributed by atoms with van der Waals surface area (Å²) in [4.78, 5) is 12.6. The van der Waals surface area contributed by atoms with Gasteiger partial charge in [0, 0.05) is 16.3 Å². The molecule has 0 spiro atoms. The van der Waals surface area contributed by atoms with Crippen LogP contribution >= 0.6 is 35.6 Å². The SMILES string of the molecule is CCOC(=O)C[C@H]1S[C@H](c2cccc(OC)c2F)c2cc(Cl)ccc2NC1=S. The topological polar surface area (TPSA) is 47.6 Å². The molecule has 4 nitrogen and oxygen atoms in total. The molecule has 148 valence electrons. The van der Waals surface area contributed by atoms with Crippen molar-refractivity contribution in [3.63, 3.8) is 0 Å². The molecule has 2 aromatic carbocycles. The number of benzene rings is 2. The molecular formula is C20H19ClFNO3S2. The minimum absolute atomic E-state index is 0.0914. The number of nitrogens with one attached hydrogen (secondary N) is 1. The van der Waals surface area contributed by atoms with Gasteiger partial charge < -0.3 is 14.8 Å². The zero-order chi connectivity index (χ0) is 20.3. The maximum Gasteiger partial charge on any atom is 0.307 e. The molecule has 1 aliphatic heterocycles. The third kappa shape index (κ3) is 4.42. The fourth-order valence-corrected chi connectivity index (χ4v) is 4.97. The van der Waals surface area contributed by atoms with Crippen LogP contribution in [0.4, 0.5) is 10.1 Å². The molecule has 0 saturated carbocycles. The van der Waals surface area contributed by atoms with Crippen LogP contribution in [0.3, 0.4) is 0 Å². The smallest absolute Gasteiger partial charge is 0.307 e. The Labute approximate surface area is 177 Å². The first-order valence-electron chi connectivity index (χ1n) is 8.68. The van der Waals surface area contributed by atoms with Gasteiger partial charge in [-0.2, -0.15) is 0 Å². The second-order valence-corrected chi connectivity index (χ2v) is 8.29. The van der Waals surface area contributed by atoms with Crippen LogP contribution in [0.25, 0.3) is 0 Å². The molecule has 1 heterocycles. The molecule has 8 heteroatoms. The van der Waals surface area contributed by atoms with Crippen LogP contribution in [0.15, 0.2) is 36.4 Å². The second-order valence-electron chi connectivity index (χ2n) is 6.10. The molecule has 0 amide bonds. The van der Waals surface area contributed by atoms with Crippen molar-refractivity contribution in [3.8, 4) is 5.75 Å². The Morgan fingerprint density at radius 3 is 2.82 bits per heavy atom. The molecule has 0 bridgehead atoms. The fourth-order valence-electron chi connectivity index (χ4n) is 3.02. The summed E-state index contributed by atoms with van der Waals surface area (Å²) in [5.74, 6) is -0.641. The van der Waals surface area contributed by atoms with E-state index in [-0.39, 0.29) is 23.4 Å². The Balaban J connectivity index is 2.08. The van der Waals surface area contributed by atoms with E-state index in [9.17, 15) is 4.79 Å². The van der Waals surface area contributed by atoms with Gasteiger partial charge in [0.1, 0.15) is 0 Å². The second kappa shape index (κ2) is 9.11. The summed E-state index contributed by atoms with van der Waals surface area (Å²) in [5, 5.41) is 2.90. The number of halogens is 2. The van der Waals surface area contributed by atoms with Gasteiger partial charge in [-0.1, -0.05) is 36.0 Å². The largest absolute Gasteiger partial charge is 0.494 e. The predicted molar refractivity (Wildman–Crippen MR) is 115 cm³/mol. The zero-order valence-corrected chi connectivity index (χ0v) is 17.7. The van der Waals surface area contributed by atoms with E-state index in [0.29, 0.717) is 22.2 Å². The van der Waals surface area contributed by atoms with E-state index in [1.165, 1.54) is 18.9 Å². The monoisotopic (exact) mass is 439 g/mol. The third-order valence-corrected chi connectivity index (χ3v) is 6.58. The number of carbonyl (C=O) groups excluding carboxylic acids is 1. The quantitative estimate of drug-likeness (QED) is 0.498. The van der Waals surface area contributed by atoms with E-state index >= 15 is 4.39 Å². The lowest BCUT2D eigenvalue weighted by molar-refractivity contribution is -0.142. The molecule has 1 aliphatic rings. The van der Waals surface area contributed by atoms with Crippen molar-refractivity contribution in [1.29, 1.82) is 0 Å². The first-order valence-corrected chi connectivity index (χ1v) is 10.4. The Morgan fingerprint density at radius 1 is 1.32 bits per heavy atom. The molecule has 0 radical (unpaired) electrons. The molecule has 0 saturated heterocycles. The summed E-state index contributed by atoms with van der Waals surface area (Å²) >= 11 is 13.1. The summed E-state index contributed by atoms with van der Waals surface area (Å²) in [6.45, 7) is 2.04. The summed E-state index contributed by atoms with van der Waals surface area (Å²) in [7, 11) is 1.42. The molecule has 2 aromatic rings. The van der Waals surface area contributed by atoms with Crippen LogP contribution in [-0.2, 0) is 9.53 Å². The molecule has 0 unspecified atom stereocenters. The molecule has 1 N–H and O–H groups in total. The van der Waals surface area contributed by atoms with Gasteiger partial charge in [0.05, 0.1) is 35.6 Å². The van der Waals surface area contributed by atoms with Crippen molar-refractivity contribution in [1.82, 2.24) is 0 Å². The van der Waals surface area contributed by atoms with Gasteiger partial charge in [0.15, 0.2) is 11.6 Å². The van der Waals surface area contributed by atoms with Gasteiger partial charge in [-0.05, 0) is 36.8 Å². The van der Waals surface area contributed by atoms with E-state index in [1.807, 2.05) is 6.07 Å². The number of thiocarbonyl (C=S) groups is 1. The molecule has 28 heavy (non-hydrogen) atoms. The van der Waals surface area contributed by atoms with Crippen molar-refractivity contribution < 1.29 is 18.7 Å². The Morgan fingerprint density at radius 2 is 2.11 bits per heavy atom. The van der Waals surface area contributed by atoms with Crippen LogP contribution in [0.1, 0.15) is 29.7 Å². The van der Waals surface area contributed by atoms with E-state index in [0.717, 1.165) is 11.3 Å². The van der Waals surface area contributed by atoms with Crippen molar-refractivity contribution in [2.75, 3.05) is 19.0 Å². The van der Waals surface area contributed by atoms with Gasteiger partial charge in [0.2, 0.25) is 0 Å². The van der Waals surface area contributed by atoms with E-state index in [1.54, 1.807) is 37.3 Å². The first kappa shape index (κ1) is 20.9. The van der Waals surface area contributed by atoms with Crippen LogP contribution in [0.5, 0.6) is 5.75 Å². The van der Waals surface area contributed by atoms with Crippen molar-refractivity contribution in [2.45, 2.75) is 23.8 Å². The average Bonchev–Trinajstić information content (AvgIpc) is 2.79. The Bertz CT molecular complexity index is 909. The zero-order valence-electron chi connectivity index (χ0n) is 15.3. The predicted octanol–water partition coefficient (Wildman–Crippen LogP) is 5.39. The normalized spacial score (nSPS) is 18.6. The summed E-state index contributed by atoms with van der Waals surface area (Å²) < 4.78 is 25.3. The lowest BCUT2D eigenvalue weighted by Crippen LogP contribution is -2.25. The van der Waals surface area contributed by atoms with Crippen molar-refractivity contribution >= 4 is 52.2 Å².